The summed E-state index contributed by atoms with van der Waals surface area (Å²) in [6.45, 7) is 4.44. The van der Waals surface area contributed by atoms with Crippen LogP contribution in [0.5, 0.6) is 0 Å². The van der Waals surface area contributed by atoms with Crippen LogP contribution in [0.25, 0.3) is 10.9 Å². The Kier molecular flexibility index (Phi) is 6.04. The minimum Gasteiger partial charge on any atom is -0.348 e. The van der Waals surface area contributed by atoms with E-state index in [2.05, 4.69) is 10.3 Å². The van der Waals surface area contributed by atoms with Gasteiger partial charge in [-0.1, -0.05) is 6.92 Å². The van der Waals surface area contributed by atoms with E-state index in [1.807, 2.05) is 30.5 Å². The summed E-state index contributed by atoms with van der Waals surface area (Å²) in [4.78, 5) is 17.2. The maximum absolute atomic E-state index is 12.9. The molecule has 8 heteroatoms. The molecule has 3 aromatic rings. The van der Waals surface area contributed by atoms with Gasteiger partial charge in [0.05, 0.1) is 4.90 Å². The first-order valence-electron chi connectivity index (χ1n) is 9.49. The molecule has 1 unspecified atom stereocenters. The molecule has 1 amide bonds. The van der Waals surface area contributed by atoms with Gasteiger partial charge in [0.2, 0.25) is 10.0 Å². The summed E-state index contributed by atoms with van der Waals surface area (Å²) in [5.74, 6) is -0.179. The number of hydrogen-bond donors (Lipinski definition) is 1. The molecule has 0 bridgehead atoms. The molecule has 3 rings (SSSR count). The van der Waals surface area contributed by atoms with Gasteiger partial charge in [0.15, 0.2) is 0 Å². The number of hydrogen-bond acceptors (Lipinski definition) is 4. The van der Waals surface area contributed by atoms with Crippen molar-refractivity contribution >= 4 is 26.8 Å². The highest BCUT2D eigenvalue weighted by Gasteiger charge is 2.21. The average molecular weight is 415 g/mol. The van der Waals surface area contributed by atoms with E-state index >= 15 is 0 Å². The number of rotatable bonds is 7. The van der Waals surface area contributed by atoms with Crippen molar-refractivity contribution in [1.29, 1.82) is 0 Å². The highest BCUT2D eigenvalue weighted by atomic mass is 32.2. The van der Waals surface area contributed by atoms with Crippen molar-refractivity contribution in [1.82, 2.24) is 19.2 Å². The van der Waals surface area contributed by atoms with Gasteiger partial charge in [-0.05, 0) is 55.3 Å². The van der Waals surface area contributed by atoms with Crippen LogP contribution in [0.4, 0.5) is 0 Å². The van der Waals surface area contributed by atoms with E-state index in [0.717, 1.165) is 17.5 Å². The van der Waals surface area contributed by atoms with Crippen molar-refractivity contribution in [2.75, 3.05) is 14.1 Å². The molecule has 0 spiro atoms. The zero-order chi connectivity index (χ0) is 21.2. The monoisotopic (exact) mass is 414 g/mol. The third kappa shape index (κ3) is 4.33. The molecular formula is C21H26N4O3S. The molecule has 2 aromatic heterocycles. The smallest absolute Gasteiger partial charge is 0.268 e. The quantitative estimate of drug-likeness (QED) is 0.644. The minimum atomic E-state index is -3.56. The number of fused-ring (bicyclic) bond motifs is 1. The Balaban J connectivity index is 2.13. The fourth-order valence-corrected chi connectivity index (χ4v) is 3.99. The number of carbonyl (C=O) groups is 1. The molecule has 0 saturated heterocycles. The molecule has 1 atom stereocenters. The largest absolute Gasteiger partial charge is 0.348 e. The van der Waals surface area contributed by atoms with E-state index < -0.39 is 10.0 Å². The van der Waals surface area contributed by atoms with Gasteiger partial charge in [-0.2, -0.15) is 0 Å². The Morgan fingerprint density at radius 3 is 2.48 bits per heavy atom. The lowest BCUT2D eigenvalue weighted by Crippen LogP contribution is -2.33. The van der Waals surface area contributed by atoms with E-state index in [4.69, 9.17) is 0 Å². The van der Waals surface area contributed by atoms with Crippen molar-refractivity contribution in [3.8, 4) is 0 Å². The number of amides is 1. The third-order valence-electron chi connectivity index (χ3n) is 4.96. The van der Waals surface area contributed by atoms with Gasteiger partial charge in [0.25, 0.3) is 5.91 Å². The number of aromatic nitrogens is 2. The van der Waals surface area contributed by atoms with Crippen LogP contribution in [0.15, 0.2) is 53.7 Å². The fourth-order valence-electron chi connectivity index (χ4n) is 3.05. The Morgan fingerprint density at radius 1 is 1.17 bits per heavy atom. The molecule has 1 N–H and O–H groups in total. The summed E-state index contributed by atoms with van der Waals surface area (Å²) >= 11 is 0. The highest BCUT2D eigenvalue weighted by molar-refractivity contribution is 7.89. The summed E-state index contributed by atoms with van der Waals surface area (Å²) in [6, 6.07) is 10.5. The predicted molar refractivity (Wildman–Crippen MR) is 113 cm³/mol. The standard InChI is InChI=1S/C21H26N4O3S/c1-5-15(2)23-21(26)20-13-17-12-18(29(27,28)24(3)4)6-7-19(17)25(20)14-16-8-10-22-11-9-16/h6-13,15H,5,14H2,1-4H3,(H,23,26). The van der Waals surface area contributed by atoms with Crippen molar-refractivity contribution in [3.05, 3.63) is 60.0 Å². The first-order chi connectivity index (χ1) is 13.7. The van der Waals surface area contributed by atoms with Crippen LogP contribution in [0.2, 0.25) is 0 Å². The molecule has 2 heterocycles. The molecule has 0 radical (unpaired) electrons. The summed E-state index contributed by atoms with van der Waals surface area (Å²) in [7, 11) is -0.560. The Bertz CT molecular complexity index is 1120. The van der Waals surface area contributed by atoms with Crippen LogP contribution in [-0.2, 0) is 16.6 Å². The van der Waals surface area contributed by atoms with Gasteiger partial charge < -0.3 is 9.88 Å². The Labute approximate surface area is 171 Å². The van der Waals surface area contributed by atoms with Gasteiger partial charge in [-0.3, -0.25) is 9.78 Å². The normalized spacial score (nSPS) is 13.0. The van der Waals surface area contributed by atoms with Crippen LogP contribution in [0.1, 0.15) is 36.3 Å². The number of sulfonamides is 1. The molecule has 29 heavy (non-hydrogen) atoms. The number of carbonyl (C=O) groups excluding carboxylic acids is 1. The van der Waals surface area contributed by atoms with Crippen molar-refractivity contribution in [2.45, 2.75) is 37.8 Å². The second-order valence-electron chi connectivity index (χ2n) is 7.26. The van der Waals surface area contributed by atoms with Crippen LogP contribution < -0.4 is 5.32 Å². The second-order valence-corrected chi connectivity index (χ2v) is 9.41. The first-order valence-corrected chi connectivity index (χ1v) is 10.9. The van der Waals surface area contributed by atoms with Crippen molar-refractivity contribution in [2.24, 2.45) is 0 Å². The SMILES string of the molecule is CCC(C)NC(=O)c1cc2cc(S(=O)(=O)N(C)C)ccc2n1Cc1ccncc1. The minimum absolute atomic E-state index is 0.0413. The molecule has 0 fully saturated rings. The zero-order valence-corrected chi connectivity index (χ0v) is 17.9. The lowest BCUT2D eigenvalue weighted by atomic mass is 10.2. The maximum atomic E-state index is 12.9. The summed E-state index contributed by atoms with van der Waals surface area (Å²) in [5, 5.41) is 3.70. The number of benzene rings is 1. The molecule has 1 aromatic carbocycles. The number of pyridine rings is 1. The van der Waals surface area contributed by atoms with Crippen molar-refractivity contribution < 1.29 is 13.2 Å². The van der Waals surface area contributed by atoms with E-state index in [1.54, 1.807) is 36.7 Å². The van der Waals surface area contributed by atoms with Gasteiger partial charge >= 0.3 is 0 Å². The topological polar surface area (TPSA) is 84.3 Å². The Morgan fingerprint density at radius 2 is 1.86 bits per heavy atom. The van der Waals surface area contributed by atoms with Gasteiger partial charge in [-0.15, -0.1) is 0 Å². The fraction of sp³-hybridized carbons (Fsp3) is 0.333. The van der Waals surface area contributed by atoms with Crippen LogP contribution in [0, 0.1) is 0 Å². The average Bonchev–Trinajstić information content (AvgIpc) is 3.06. The number of nitrogens with one attached hydrogen (secondary N) is 1. The molecule has 0 aliphatic heterocycles. The second kappa shape index (κ2) is 8.34. The van der Waals surface area contributed by atoms with Gasteiger partial charge in [0, 0.05) is 50.0 Å². The molecule has 154 valence electrons. The molecular weight excluding hydrogens is 388 g/mol. The maximum Gasteiger partial charge on any atom is 0.268 e. The van der Waals surface area contributed by atoms with Gasteiger partial charge in [-0.25, -0.2) is 12.7 Å². The molecule has 0 saturated carbocycles. The van der Waals surface area contributed by atoms with Gasteiger partial charge in [0.1, 0.15) is 5.69 Å². The molecule has 0 aliphatic rings. The lowest BCUT2D eigenvalue weighted by Gasteiger charge is -2.14. The number of nitrogens with zero attached hydrogens (tertiary/aromatic N) is 3. The molecule has 7 nitrogen and oxygen atoms in total. The van der Waals surface area contributed by atoms with Crippen LogP contribution >= 0.6 is 0 Å². The predicted octanol–water partition coefficient (Wildman–Crippen LogP) is 2.86. The van der Waals surface area contributed by atoms with E-state index in [9.17, 15) is 13.2 Å². The van der Waals surface area contributed by atoms with E-state index in [-0.39, 0.29) is 16.8 Å². The highest BCUT2D eigenvalue weighted by Crippen LogP contribution is 2.26. The summed E-state index contributed by atoms with van der Waals surface area (Å²) < 4.78 is 28.1. The third-order valence-corrected chi connectivity index (χ3v) is 6.78. The van der Waals surface area contributed by atoms with Crippen LogP contribution in [0.3, 0.4) is 0 Å². The summed E-state index contributed by atoms with van der Waals surface area (Å²) in [5.41, 5.74) is 2.30. The summed E-state index contributed by atoms with van der Waals surface area (Å²) in [6.07, 6.45) is 4.24. The van der Waals surface area contributed by atoms with Crippen molar-refractivity contribution in [3.63, 3.8) is 0 Å². The van der Waals surface area contributed by atoms with Crippen LogP contribution in [-0.4, -0.2) is 48.3 Å². The zero-order valence-electron chi connectivity index (χ0n) is 17.1. The van der Waals surface area contributed by atoms with E-state index in [1.165, 1.54) is 18.4 Å². The lowest BCUT2D eigenvalue weighted by molar-refractivity contribution is 0.0931. The van der Waals surface area contributed by atoms with E-state index in [0.29, 0.717) is 17.6 Å². The molecule has 0 aliphatic carbocycles. The Hall–Kier alpha value is -2.71. The first kappa shape index (κ1) is 21.0.